The lowest BCUT2D eigenvalue weighted by Crippen LogP contribution is -2.10. The molecular formula is C23H21N5O2. The lowest BCUT2D eigenvalue weighted by Gasteiger charge is -2.12. The molecular weight excluding hydrogens is 378 g/mol. The Morgan fingerprint density at radius 1 is 1.17 bits per heavy atom. The molecule has 30 heavy (non-hydrogen) atoms. The predicted octanol–water partition coefficient (Wildman–Crippen LogP) is 3.88. The van der Waals surface area contributed by atoms with Crippen LogP contribution in [0.2, 0.25) is 0 Å². The van der Waals surface area contributed by atoms with E-state index in [-0.39, 0.29) is 0 Å². The van der Waals surface area contributed by atoms with E-state index in [2.05, 4.69) is 22.8 Å². The van der Waals surface area contributed by atoms with Gasteiger partial charge >= 0.3 is 0 Å². The number of hydrogen-bond acceptors (Lipinski definition) is 6. The smallest absolute Gasteiger partial charge is 0.252 e. The summed E-state index contributed by atoms with van der Waals surface area (Å²) in [5, 5.41) is 7.58. The van der Waals surface area contributed by atoms with Crippen LogP contribution in [0.5, 0.6) is 0 Å². The van der Waals surface area contributed by atoms with Crippen molar-refractivity contribution in [1.82, 2.24) is 9.97 Å². The number of amides is 1. The van der Waals surface area contributed by atoms with Crippen molar-refractivity contribution in [2.24, 2.45) is 5.73 Å². The average Bonchev–Trinajstić information content (AvgIpc) is 3.35. The quantitative estimate of drug-likeness (QED) is 0.470. The second-order valence-electron chi connectivity index (χ2n) is 7.32. The van der Waals surface area contributed by atoms with Crippen LogP contribution < -0.4 is 16.4 Å². The van der Waals surface area contributed by atoms with Crippen molar-refractivity contribution < 1.29 is 9.21 Å². The zero-order chi connectivity index (χ0) is 20.7. The Bertz CT molecular complexity index is 1260. The Morgan fingerprint density at radius 3 is 2.80 bits per heavy atom. The first-order valence-electron chi connectivity index (χ1n) is 9.86. The number of carbonyl (C=O) groups is 1. The number of primary amides is 1. The van der Waals surface area contributed by atoms with E-state index in [0.717, 1.165) is 41.1 Å². The largest absolute Gasteiger partial charge is 0.460 e. The first-order valence-corrected chi connectivity index (χ1v) is 9.86. The summed E-state index contributed by atoms with van der Waals surface area (Å²) in [7, 11) is 0. The maximum absolute atomic E-state index is 11.8. The van der Waals surface area contributed by atoms with Crippen LogP contribution in [0.1, 0.15) is 27.2 Å². The van der Waals surface area contributed by atoms with Crippen LogP contribution in [-0.4, -0.2) is 22.4 Å². The summed E-state index contributed by atoms with van der Waals surface area (Å²) in [6.45, 7) is 3.34. The predicted molar refractivity (Wildman–Crippen MR) is 116 cm³/mol. The van der Waals surface area contributed by atoms with Crippen LogP contribution in [0.3, 0.4) is 0 Å². The summed E-state index contributed by atoms with van der Waals surface area (Å²) in [6, 6.07) is 15.5. The summed E-state index contributed by atoms with van der Waals surface area (Å²) in [4.78, 5) is 21.4. The maximum Gasteiger partial charge on any atom is 0.252 e. The molecule has 7 nitrogen and oxygen atoms in total. The molecule has 1 aliphatic heterocycles. The van der Waals surface area contributed by atoms with E-state index in [0.29, 0.717) is 29.3 Å². The Labute approximate surface area is 173 Å². The first-order chi connectivity index (χ1) is 14.6. The fraction of sp³-hybridized carbons (Fsp3) is 0.174. The van der Waals surface area contributed by atoms with E-state index >= 15 is 0 Å². The molecule has 1 amide bonds. The zero-order valence-electron chi connectivity index (χ0n) is 16.5. The molecule has 4 N–H and O–H groups in total. The lowest BCUT2D eigenvalue weighted by atomic mass is 10.1. The highest BCUT2D eigenvalue weighted by molar-refractivity contribution is 6.08. The lowest BCUT2D eigenvalue weighted by molar-refractivity contribution is 0.100. The number of anilines is 2. The van der Waals surface area contributed by atoms with Gasteiger partial charge in [0.1, 0.15) is 23.0 Å². The van der Waals surface area contributed by atoms with Crippen LogP contribution in [0.25, 0.3) is 22.4 Å². The zero-order valence-corrected chi connectivity index (χ0v) is 16.5. The molecule has 2 aromatic heterocycles. The molecule has 0 aliphatic carbocycles. The highest BCUT2D eigenvalue weighted by Crippen LogP contribution is 2.37. The van der Waals surface area contributed by atoms with Gasteiger partial charge in [-0.05, 0) is 25.0 Å². The van der Waals surface area contributed by atoms with Gasteiger partial charge in [-0.15, -0.1) is 0 Å². The van der Waals surface area contributed by atoms with Crippen LogP contribution in [-0.2, 0) is 13.0 Å². The highest BCUT2D eigenvalue weighted by Gasteiger charge is 2.24. The molecule has 5 rings (SSSR count). The van der Waals surface area contributed by atoms with E-state index in [9.17, 15) is 4.79 Å². The van der Waals surface area contributed by atoms with Crippen molar-refractivity contribution in [2.45, 2.75) is 19.9 Å². The van der Waals surface area contributed by atoms with E-state index in [1.165, 1.54) is 5.56 Å². The molecule has 0 spiro atoms. The van der Waals surface area contributed by atoms with Crippen LogP contribution >= 0.6 is 0 Å². The van der Waals surface area contributed by atoms with Crippen molar-refractivity contribution in [1.29, 1.82) is 0 Å². The van der Waals surface area contributed by atoms with E-state index in [1.807, 2.05) is 31.2 Å². The van der Waals surface area contributed by atoms with Gasteiger partial charge in [-0.2, -0.15) is 0 Å². The molecule has 1 aliphatic rings. The van der Waals surface area contributed by atoms with Crippen molar-refractivity contribution in [3.8, 4) is 11.4 Å². The Hall–Kier alpha value is -3.87. The van der Waals surface area contributed by atoms with Gasteiger partial charge in [0.25, 0.3) is 5.91 Å². The fourth-order valence-corrected chi connectivity index (χ4v) is 3.92. The Morgan fingerprint density at radius 2 is 2.00 bits per heavy atom. The van der Waals surface area contributed by atoms with Gasteiger partial charge < -0.3 is 20.8 Å². The number of fused-ring (bicyclic) bond motifs is 2. The third-order valence-corrected chi connectivity index (χ3v) is 5.36. The minimum Gasteiger partial charge on any atom is -0.460 e. The summed E-state index contributed by atoms with van der Waals surface area (Å²) in [6.07, 6.45) is 0.865. The molecule has 150 valence electrons. The average molecular weight is 399 g/mol. The standard InChI is InChI=1S/C23H21N5O2/c1-13-18(15-8-5-9-16(20(24)29)19(15)30-13)23-27-21-17(10-11-25-21)22(28-23)26-12-14-6-3-2-4-7-14/h2-9H,10-12H2,1H3,(H2,24,29)(H2,25,26,27,28). The Kier molecular flexibility index (Phi) is 4.35. The van der Waals surface area contributed by atoms with Gasteiger partial charge in [0.15, 0.2) is 5.82 Å². The van der Waals surface area contributed by atoms with Gasteiger partial charge in [0.05, 0.1) is 11.1 Å². The number of aryl methyl sites for hydroxylation is 1. The second-order valence-corrected chi connectivity index (χ2v) is 7.32. The molecule has 0 radical (unpaired) electrons. The second kappa shape index (κ2) is 7.18. The van der Waals surface area contributed by atoms with E-state index in [4.69, 9.17) is 20.1 Å². The van der Waals surface area contributed by atoms with Crippen molar-refractivity contribution >= 4 is 28.5 Å². The Balaban J connectivity index is 1.61. The van der Waals surface area contributed by atoms with Crippen LogP contribution in [0.15, 0.2) is 52.9 Å². The van der Waals surface area contributed by atoms with Gasteiger partial charge in [-0.1, -0.05) is 42.5 Å². The number of nitrogens with one attached hydrogen (secondary N) is 2. The molecule has 7 heteroatoms. The minimum atomic E-state index is -0.525. The van der Waals surface area contributed by atoms with Crippen molar-refractivity contribution in [2.75, 3.05) is 17.2 Å². The molecule has 3 heterocycles. The third-order valence-electron chi connectivity index (χ3n) is 5.36. The molecule has 0 bridgehead atoms. The molecule has 0 saturated heterocycles. The number of hydrogen-bond donors (Lipinski definition) is 3. The fourth-order valence-electron chi connectivity index (χ4n) is 3.92. The summed E-state index contributed by atoms with van der Waals surface area (Å²) < 4.78 is 5.91. The normalized spacial score (nSPS) is 12.6. The van der Waals surface area contributed by atoms with E-state index in [1.54, 1.807) is 12.1 Å². The molecule has 2 aromatic carbocycles. The van der Waals surface area contributed by atoms with Crippen LogP contribution in [0, 0.1) is 6.92 Å². The van der Waals surface area contributed by atoms with Crippen LogP contribution in [0.4, 0.5) is 11.6 Å². The molecule has 0 saturated carbocycles. The monoisotopic (exact) mass is 399 g/mol. The van der Waals surface area contributed by atoms with Gasteiger partial charge in [0, 0.05) is 24.0 Å². The molecule has 0 atom stereocenters. The highest BCUT2D eigenvalue weighted by atomic mass is 16.3. The van der Waals surface area contributed by atoms with Crippen molar-refractivity contribution in [3.63, 3.8) is 0 Å². The number of nitrogens with two attached hydrogens (primary N) is 1. The maximum atomic E-state index is 11.8. The third kappa shape index (κ3) is 3.04. The first kappa shape index (κ1) is 18.2. The SMILES string of the molecule is Cc1oc2c(C(N)=O)cccc2c1-c1nc2c(c(NCc3ccccc3)n1)CCN2. The number of aromatic nitrogens is 2. The van der Waals surface area contributed by atoms with Gasteiger partial charge in [-0.25, -0.2) is 9.97 Å². The minimum absolute atomic E-state index is 0.351. The number of para-hydroxylation sites is 1. The summed E-state index contributed by atoms with van der Waals surface area (Å²) in [5.41, 5.74) is 9.36. The number of carbonyl (C=O) groups excluding carboxylic acids is 1. The molecule has 0 unspecified atom stereocenters. The van der Waals surface area contributed by atoms with Gasteiger partial charge in [0.2, 0.25) is 0 Å². The molecule has 0 fully saturated rings. The summed E-state index contributed by atoms with van der Waals surface area (Å²) >= 11 is 0. The van der Waals surface area contributed by atoms with Crippen molar-refractivity contribution in [3.05, 3.63) is 71.0 Å². The topological polar surface area (TPSA) is 106 Å². The number of benzene rings is 2. The van der Waals surface area contributed by atoms with Gasteiger partial charge in [-0.3, -0.25) is 4.79 Å². The van der Waals surface area contributed by atoms with E-state index < -0.39 is 5.91 Å². The molecule has 4 aromatic rings. The number of nitrogens with zero attached hydrogens (tertiary/aromatic N) is 2. The number of furan rings is 1. The summed E-state index contributed by atoms with van der Waals surface area (Å²) in [5.74, 6) is 2.31. The number of rotatable bonds is 5.